The number of aromatic nitrogens is 3. The van der Waals surface area contributed by atoms with E-state index >= 15 is 0 Å². The van der Waals surface area contributed by atoms with Crippen LogP contribution in [-0.4, -0.2) is 58.8 Å². The number of carbonyl (C=O) groups excluding carboxylic acids is 1. The predicted molar refractivity (Wildman–Crippen MR) is 107 cm³/mol. The standard InChI is InChI=1S/C19H22N6OS/c1-23-9-11-24(12-10-23)17-6-3-2-5-16(17)18(26)20-13-15-14-21-19(27-15)25-8-4-7-22-25/h2-8,14H,9-13H2,1H3,(H,20,26). The molecular weight excluding hydrogens is 360 g/mol. The summed E-state index contributed by atoms with van der Waals surface area (Å²) in [5.74, 6) is -0.0569. The molecule has 7 nitrogen and oxygen atoms in total. The second kappa shape index (κ2) is 7.89. The van der Waals surface area contributed by atoms with E-state index in [-0.39, 0.29) is 5.91 Å². The highest BCUT2D eigenvalue weighted by Gasteiger charge is 2.19. The van der Waals surface area contributed by atoms with Crippen molar-refractivity contribution >= 4 is 22.9 Å². The van der Waals surface area contributed by atoms with Crippen molar-refractivity contribution in [2.75, 3.05) is 38.1 Å². The molecule has 0 bridgehead atoms. The summed E-state index contributed by atoms with van der Waals surface area (Å²) in [5.41, 5.74) is 1.73. The second-order valence-electron chi connectivity index (χ2n) is 6.55. The zero-order valence-corrected chi connectivity index (χ0v) is 16.0. The van der Waals surface area contributed by atoms with E-state index in [1.54, 1.807) is 17.1 Å². The minimum atomic E-state index is -0.0569. The molecule has 0 spiro atoms. The molecule has 1 N–H and O–H groups in total. The van der Waals surface area contributed by atoms with Crippen LogP contribution in [0.1, 0.15) is 15.2 Å². The fourth-order valence-electron chi connectivity index (χ4n) is 3.12. The predicted octanol–water partition coefficient (Wildman–Crippen LogP) is 2.01. The molecule has 1 amide bonds. The van der Waals surface area contributed by atoms with Gasteiger partial charge in [-0.05, 0) is 25.2 Å². The van der Waals surface area contributed by atoms with Gasteiger partial charge in [-0.2, -0.15) is 5.10 Å². The number of hydrogen-bond acceptors (Lipinski definition) is 6. The van der Waals surface area contributed by atoms with Crippen molar-refractivity contribution in [3.8, 4) is 5.13 Å². The first kappa shape index (κ1) is 17.7. The van der Waals surface area contributed by atoms with Crippen molar-refractivity contribution in [2.24, 2.45) is 0 Å². The maximum absolute atomic E-state index is 12.8. The lowest BCUT2D eigenvalue weighted by molar-refractivity contribution is 0.0951. The molecule has 0 atom stereocenters. The molecule has 4 rings (SSSR count). The van der Waals surface area contributed by atoms with E-state index in [1.807, 2.05) is 36.5 Å². The van der Waals surface area contributed by atoms with Crippen LogP contribution >= 0.6 is 11.3 Å². The second-order valence-corrected chi connectivity index (χ2v) is 7.64. The van der Waals surface area contributed by atoms with Crippen LogP contribution in [0.2, 0.25) is 0 Å². The summed E-state index contributed by atoms with van der Waals surface area (Å²) in [7, 11) is 2.13. The number of benzene rings is 1. The zero-order chi connectivity index (χ0) is 18.6. The monoisotopic (exact) mass is 382 g/mol. The van der Waals surface area contributed by atoms with Crippen molar-refractivity contribution in [2.45, 2.75) is 6.54 Å². The lowest BCUT2D eigenvalue weighted by atomic mass is 10.1. The minimum absolute atomic E-state index is 0.0569. The van der Waals surface area contributed by atoms with Crippen LogP contribution in [0.25, 0.3) is 5.13 Å². The van der Waals surface area contributed by atoms with Crippen molar-refractivity contribution in [3.05, 3.63) is 59.4 Å². The number of hydrogen-bond donors (Lipinski definition) is 1. The molecule has 0 aliphatic carbocycles. The molecule has 3 aromatic rings. The average molecular weight is 382 g/mol. The van der Waals surface area contributed by atoms with E-state index in [4.69, 9.17) is 0 Å². The van der Waals surface area contributed by atoms with Gasteiger partial charge in [-0.1, -0.05) is 23.5 Å². The number of nitrogens with one attached hydrogen (secondary N) is 1. The van der Waals surface area contributed by atoms with Crippen molar-refractivity contribution in [1.82, 2.24) is 25.0 Å². The number of nitrogens with zero attached hydrogens (tertiary/aromatic N) is 5. The first-order chi connectivity index (χ1) is 13.2. The number of amides is 1. The molecule has 3 heterocycles. The largest absolute Gasteiger partial charge is 0.368 e. The Morgan fingerprint density at radius 2 is 2.00 bits per heavy atom. The third-order valence-electron chi connectivity index (χ3n) is 4.66. The molecule has 1 aliphatic rings. The summed E-state index contributed by atoms with van der Waals surface area (Å²) in [4.78, 5) is 22.7. The van der Waals surface area contributed by atoms with E-state index in [9.17, 15) is 4.79 Å². The van der Waals surface area contributed by atoms with Gasteiger partial charge in [0.2, 0.25) is 5.13 Å². The van der Waals surface area contributed by atoms with E-state index < -0.39 is 0 Å². The lowest BCUT2D eigenvalue weighted by Crippen LogP contribution is -2.45. The van der Waals surface area contributed by atoms with E-state index in [2.05, 4.69) is 32.2 Å². The van der Waals surface area contributed by atoms with Gasteiger partial charge in [0.15, 0.2) is 0 Å². The molecule has 27 heavy (non-hydrogen) atoms. The van der Waals surface area contributed by atoms with Gasteiger partial charge >= 0.3 is 0 Å². The molecule has 1 aromatic carbocycles. The number of carbonyl (C=O) groups is 1. The van der Waals surface area contributed by atoms with Gasteiger partial charge < -0.3 is 15.1 Å². The number of piperazine rings is 1. The number of para-hydroxylation sites is 1. The minimum Gasteiger partial charge on any atom is -0.368 e. The zero-order valence-electron chi connectivity index (χ0n) is 15.2. The van der Waals surface area contributed by atoms with E-state index in [0.29, 0.717) is 6.54 Å². The van der Waals surface area contributed by atoms with Gasteiger partial charge in [-0.25, -0.2) is 9.67 Å². The summed E-state index contributed by atoms with van der Waals surface area (Å²) >= 11 is 1.52. The van der Waals surface area contributed by atoms with Crippen LogP contribution in [0.5, 0.6) is 0 Å². The number of thiazole rings is 1. The van der Waals surface area contributed by atoms with Gasteiger partial charge in [0.1, 0.15) is 0 Å². The van der Waals surface area contributed by atoms with Crippen LogP contribution in [0, 0.1) is 0 Å². The first-order valence-electron chi connectivity index (χ1n) is 8.96. The maximum atomic E-state index is 12.8. The third kappa shape index (κ3) is 4.01. The normalized spacial score (nSPS) is 15.1. The van der Waals surface area contributed by atoms with Crippen molar-refractivity contribution in [1.29, 1.82) is 0 Å². The Morgan fingerprint density at radius 3 is 2.78 bits per heavy atom. The molecular formula is C19H22N6OS. The number of likely N-dealkylation sites (N-methyl/N-ethyl adjacent to an activating group) is 1. The van der Waals surface area contributed by atoms with Crippen LogP contribution in [0.3, 0.4) is 0 Å². The van der Waals surface area contributed by atoms with Gasteiger partial charge in [-0.3, -0.25) is 4.79 Å². The Labute approximate surface area is 162 Å². The molecule has 0 radical (unpaired) electrons. The topological polar surface area (TPSA) is 66.3 Å². The highest BCUT2D eigenvalue weighted by Crippen LogP contribution is 2.22. The Kier molecular flexibility index (Phi) is 5.17. The van der Waals surface area contributed by atoms with Crippen molar-refractivity contribution < 1.29 is 4.79 Å². The van der Waals surface area contributed by atoms with Gasteiger partial charge in [0.25, 0.3) is 5.91 Å². The highest BCUT2D eigenvalue weighted by molar-refractivity contribution is 7.14. The molecule has 8 heteroatoms. The number of anilines is 1. The highest BCUT2D eigenvalue weighted by atomic mass is 32.1. The summed E-state index contributed by atoms with van der Waals surface area (Å²) in [5, 5.41) is 8.00. The van der Waals surface area contributed by atoms with E-state index in [1.165, 1.54) is 11.3 Å². The summed E-state index contributed by atoms with van der Waals surface area (Å²) in [6.45, 7) is 4.33. The summed E-state index contributed by atoms with van der Waals surface area (Å²) < 4.78 is 1.72. The molecule has 1 saturated heterocycles. The summed E-state index contributed by atoms with van der Waals surface area (Å²) in [6.07, 6.45) is 5.36. The smallest absolute Gasteiger partial charge is 0.253 e. The molecule has 1 aliphatic heterocycles. The molecule has 0 saturated carbocycles. The van der Waals surface area contributed by atoms with Crippen LogP contribution < -0.4 is 10.2 Å². The number of rotatable bonds is 5. The van der Waals surface area contributed by atoms with Crippen LogP contribution in [0.15, 0.2) is 48.9 Å². The van der Waals surface area contributed by atoms with Crippen LogP contribution in [0.4, 0.5) is 5.69 Å². The third-order valence-corrected chi connectivity index (χ3v) is 5.64. The Bertz CT molecular complexity index is 899. The molecule has 140 valence electrons. The quantitative estimate of drug-likeness (QED) is 0.731. The van der Waals surface area contributed by atoms with Gasteiger partial charge in [0, 0.05) is 55.3 Å². The Morgan fingerprint density at radius 1 is 1.19 bits per heavy atom. The SMILES string of the molecule is CN1CCN(c2ccccc2C(=O)NCc2cnc(-n3cccn3)s2)CC1. The Balaban J connectivity index is 1.43. The maximum Gasteiger partial charge on any atom is 0.253 e. The van der Waals surface area contributed by atoms with Crippen LogP contribution in [-0.2, 0) is 6.54 Å². The fraction of sp³-hybridized carbons (Fsp3) is 0.316. The average Bonchev–Trinajstić information content (AvgIpc) is 3.38. The fourth-order valence-corrected chi connectivity index (χ4v) is 3.91. The molecule has 0 unspecified atom stereocenters. The Hall–Kier alpha value is -2.71. The lowest BCUT2D eigenvalue weighted by Gasteiger charge is -2.35. The summed E-state index contributed by atoms with van der Waals surface area (Å²) in [6, 6.07) is 9.69. The van der Waals surface area contributed by atoms with E-state index in [0.717, 1.165) is 47.4 Å². The first-order valence-corrected chi connectivity index (χ1v) is 9.78. The van der Waals surface area contributed by atoms with Crippen molar-refractivity contribution in [3.63, 3.8) is 0 Å². The molecule has 2 aromatic heterocycles. The van der Waals surface area contributed by atoms with Gasteiger partial charge in [0.05, 0.1) is 12.1 Å². The molecule has 1 fully saturated rings. The van der Waals surface area contributed by atoms with Gasteiger partial charge in [-0.15, -0.1) is 0 Å².